The first-order valence-electron chi connectivity index (χ1n) is 7.00. The van der Waals surface area contributed by atoms with Crippen molar-refractivity contribution in [2.75, 3.05) is 5.43 Å². The fourth-order valence-corrected chi connectivity index (χ4v) is 1.89. The summed E-state index contributed by atoms with van der Waals surface area (Å²) in [5.41, 5.74) is 2.90. The van der Waals surface area contributed by atoms with Gasteiger partial charge >= 0.3 is 5.69 Å². The van der Waals surface area contributed by atoms with E-state index in [-0.39, 0.29) is 23.0 Å². The number of hydrogen-bond donors (Lipinski definition) is 1. The number of non-ortho nitro benzene ring substituents is 1. The first-order valence-corrected chi connectivity index (χ1v) is 7.00. The van der Waals surface area contributed by atoms with Gasteiger partial charge in [-0.15, -0.1) is 0 Å². The predicted molar refractivity (Wildman–Crippen MR) is 85.1 cm³/mol. The lowest BCUT2D eigenvalue weighted by molar-refractivity contribution is -0.393. The molecule has 0 saturated heterocycles. The van der Waals surface area contributed by atoms with Gasteiger partial charge in [0.2, 0.25) is 0 Å². The van der Waals surface area contributed by atoms with Crippen LogP contribution in [0.4, 0.5) is 17.1 Å². The van der Waals surface area contributed by atoms with Gasteiger partial charge in [-0.2, -0.15) is 5.10 Å². The molecule has 0 bridgehead atoms. The maximum atomic E-state index is 11.0. The van der Waals surface area contributed by atoms with E-state index in [9.17, 15) is 20.2 Å². The van der Waals surface area contributed by atoms with E-state index < -0.39 is 9.85 Å². The summed E-state index contributed by atoms with van der Waals surface area (Å²) < 4.78 is 0. The summed E-state index contributed by atoms with van der Waals surface area (Å²) >= 11 is 0. The largest absolute Gasteiger partial charge is 0.301 e. The molecular weight excluding hydrogens is 288 g/mol. The van der Waals surface area contributed by atoms with Crippen LogP contribution in [0.15, 0.2) is 23.3 Å². The fourth-order valence-electron chi connectivity index (χ4n) is 1.89. The SMILES string of the molecule is CC[C@H](C)[C@@H](C)/C(C)=N/Nc1ccc([N+](=O)[O-])cc1[N+](=O)[O-]. The van der Waals surface area contributed by atoms with Crippen molar-refractivity contribution in [3.8, 4) is 0 Å². The molecule has 8 nitrogen and oxygen atoms in total. The average Bonchev–Trinajstić information content (AvgIpc) is 2.50. The monoisotopic (exact) mass is 308 g/mol. The number of nitro groups is 2. The second-order valence-electron chi connectivity index (χ2n) is 5.25. The molecule has 0 radical (unpaired) electrons. The van der Waals surface area contributed by atoms with E-state index >= 15 is 0 Å². The third-order valence-corrected chi connectivity index (χ3v) is 3.90. The topological polar surface area (TPSA) is 111 Å². The second-order valence-corrected chi connectivity index (χ2v) is 5.25. The molecule has 0 unspecified atom stereocenters. The Labute approximate surface area is 128 Å². The molecule has 0 aromatic heterocycles. The molecule has 0 heterocycles. The summed E-state index contributed by atoms with van der Waals surface area (Å²) in [6, 6.07) is 3.42. The molecule has 1 N–H and O–H groups in total. The van der Waals surface area contributed by atoms with Crippen molar-refractivity contribution in [2.24, 2.45) is 16.9 Å². The number of nitrogens with zero attached hydrogens (tertiary/aromatic N) is 3. The summed E-state index contributed by atoms with van der Waals surface area (Å²) in [5.74, 6) is 0.673. The molecule has 1 aromatic carbocycles. The molecule has 0 aliphatic heterocycles. The molecule has 0 spiro atoms. The average molecular weight is 308 g/mol. The van der Waals surface area contributed by atoms with Gasteiger partial charge in [-0.1, -0.05) is 27.2 Å². The van der Waals surface area contributed by atoms with Crippen molar-refractivity contribution in [2.45, 2.75) is 34.1 Å². The fraction of sp³-hybridized carbons (Fsp3) is 0.500. The van der Waals surface area contributed by atoms with Gasteiger partial charge in [-0.3, -0.25) is 25.7 Å². The molecule has 0 aliphatic rings. The van der Waals surface area contributed by atoms with Crippen LogP contribution in [0.25, 0.3) is 0 Å². The summed E-state index contributed by atoms with van der Waals surface area (Å²) in [6.45, 7) is 8.08. The van der Waals surface area contributed by atoms with E-state index in [4.69, 9.17) is 0 Å². The van der Waals surface area contributed by atoms with Gasteiger partial charge < -0.3 is 0 Å². The highest BCUT2D eigenvalue weighted by molar-refractivity contribution is 5.85. The zero-order valence-electron chi connectivity index (χ0n) is 13.1. The van der Waals surface area contributed by atoms with E-state index in [1.54, 1.807) is 0 Å². The normalized spacial score (nSPS) is 14.3. The van der Waals surface area contributed by atoms with Crippen LogP contribution in [0.5, 0.6) is 0 Å². The highest BCUT2D eigenvalue weighted by atomic mass is 16.6. The molecule has 0 amide bonds. The van der Waals surface area contributed by atoms with Crippen LogP contribution in [0.2, 0.25) is 0 Å². The van der Waals surface area contributed by atoms with E-state index in [2.05, 4.69) is 24.4 Å². The molecule has 8 heteroatoms. The number of anilines is 1. The summed E-state index contributed by atoms with van der Waals surface area (Å²) in [5, 5.41) is 25.9. The van der Waals surface area contributed by atoms with E-state index in [1.807, 2.05) is 13.8 Å². The quantitative estimate of drug-likeness (QED) is 0.465. The Balaban J connectivity index is 3.03. The lowest BCUT2D eigenvalue weighted by Gasteiger charge is -2.17. The van der Waals surface area contributed by atoms with Gasteiger partial charge in [0.25, 0.3) is 5.69 Å². The third kappa shape index (κ3) is 4.24. The lowest BCUT2D eigenvalue weighted by Crippen LogP contribution is -2.17. The van der Waals surface area contributed by atoms with Crippen LogP contribution in [0.1, 0.15) is 34.1 Å². The highest BCUT2D eigenvalue weighted by Crippen LogP contribution is 2.29. The molecule has 0 fully saturated rings. The van der Waals surface area contributed by atoms with Gasteiger partial charge in [0.05, 0.1) is 15.9 Å². The van der Waals surface area contributed by atoms with Gasteiger partial charge in [0.15, 0.2) is 0 Å². The van der Waals surface area contributed by atoms with Crippen LogP contribution < -0.4 is 5.43 Å². The van der Waals surface area contributed by atoms with Gasteiger partial charge in [-0.05, 0) is 24.8 Å². The summed E-state index contributed by atoms with van der Waals surface area (Å²) in [7, 11) is 0. The van der Waals surface area contributed by atoms with Crippen LogP contribution in [0, 0.1) is 32.1 Å². The van der Waals surface area contributed by atoms with E-state index in [0.717, 1.165) is 18.2 Å². The van der Waals surface area contributed by atoms with Crippen molar-refractivity contribution in [3.05, 3.63) is 38.4 Å². The Hall–Kier alpha value is -2.51. The maximum Gasteiger partial charge on any atom is 0.301 e. The van der Waals surface area contributed by atoms with Gasteiger partial charge in [0, 0.05) is 11.8 Å². The zero-order chi connectivity index (χ0) is 16.9. The zero-order valence-corrected chi connectivity index (χ0v) is 13.1. The molecule has 0 aliphatic carbocycles. The van der Waals surface area contributed by atoms with Gasteiger partial charge in [0.1, 0.15) is 5.69 Å². The first-order chi connectivity index (χ1) is 10.3. The third-order valence-electron chi connectivity index (χ3n) is 3.90. The van der Waals surface area contributed by atoms with Crippen LogP contribution in [-0.2, 0) is 0 Å². The molecule has 1 aromatic rings. The minimum Gasteiger partial charge on any atom is -0.272 e. The Kier molecular flexibility index (Phi) is 5.97. The number of hydrazone groups is 1. The van der Waals surface area contributed by atoms with E-state index in [0.29, 0.717) is 5.92 Å². The van der Waals surface area contributed by atoms with Crippen molar-refractivity contribution < 1.29 is 9.85 Å². The van der Waals surface area contributed by atoms with E-state index in [1.165, 1.54) is 12.1 Å². The van der Waals surface area contributed by atoms with Crippen molar-refractivity contribution in [1.29, 1.82) is 0 Å². The van der Waals surface area contributed by atoms with Crippen molar-refractivity contribution in [3.63, 3.8) is 0 Å². The summed E-state index contributed by atoms with van der Waals surface area (Å²) in [4.78, 5) is 20.4. The minimum absolute atomic E-state index is 0.131. The van der Waals surface area contributed by atoms with Gasteiger partial charge in [-0.25, -0.2) is 0 Å². The molecule has 1 rings (SSSR count). The van der Waals surface area contributed by atoms with Crippen LogP contribution in [-0.4, -0.2) is 15.6 Å². The highest BCUT2D eigenvalue weighted by Gasteiger charge is 2.20. The number of hydrogen-bond acceptors (Lipinski definition) is 6. The molecule has 22 heavy (non-hydrogen) atoms. The van der Waals surface area contributed by atoms with Crippen LogP contribution in [0.3, 0.4) is 0 Å². The number of benzene rings is 1. The molecular formula is C14H20N4O4. The predicted octanol–water partition coefficient (Wildman–Crippen LogP) is 3.97. The lowest BCUT2D eigenvalue weighted by atomic mass is 9.90. The Morgan fingerprint density at radius 1 is 1.27 bits per heavy atom. The first kappa shape index (κ1) is 17.5. The smallest absolute Gasteiger partial charge is 0.272 e. The minimum atomic E-state index is -0.670. The number of nitro benzene ring substituents is 2. The number of nitrogens with one attached hydrogen (secondary N) is 1. The standard InChI is InChI=1S/C14H20N4O4/c1-5-9(2)10(3)11(4)15-16-13-7-6-12(17(19)20)8-14(13)18(21)22/h6-10,16H,5H2,1-4H3/b15-11+/t9-,10+/m0/s1. The second kappa shape index (κ2) is 7.48. The Morgan fingerprint density at radius 2 is 1.91 bits per heavy atom. The Bertz CT molecular complexity index is 601. The van der Waals surface area contributed by atoms with Crippen LogP contribution >= 0.6 is 0 Å². The molecule has 0 saturated carbocycles. The van der Waals surface area contributed by atoms with Crippen molar-refractivity contribution in [1.82, 2.24) is 0 Å². The van der Waals surface area contributed by atoms with Crippen molar-refractivity contribution >= 4 is 22.8 Å². The maximum absolute atomic E-state index is 11.0. The molecule has 2 atom stereocenters. The molecule has 120 valence electrons. The number of rotatable bonds is 7. The summed E-state index contributed by atoms with van der Waals surface area (Å²) in [6.07, 6.45) is 1.01. The Morgan fingerprint density at radius 3 is 2.41 bits per heavy atom.